The highest BCUT2D eigenvalue weighted by atomic mass is 16.2. The average Bonchev–Trinajstić information content (AvgIpc) is 2.78. The van der Waals surface area contributed by atoms with Gasteiger partial charge < -0.3 is 15.5 Å². The van der Waals surface area contributed by atoms with Crippen LogP contribution in [0.2, 0.25) is 0 Å². The third kappa shape index (κ3) is 7.01. The van der Waals surface area contributed by atoms with Crippen molar-refractivity contribution >= 4 is 11.9 Å². The van der Waals surface area contributed by atoms with Gasteiger partial charge in [-0.2, -0.15) is 0 Å². The van der Waals surface area contributed by atoms with Gasteiger partial charge in [-0.15, -0.1) is 0 Å². The summed E-state index contributed by atoms with van der Waals surface area (Å²) in [4.78, 5) is 21.3. The van der Waals surface area contributed by atoms with Crippen LogP contribution >= 0.6 is 0 Å². The van der Waals surface area contributed by atoms with Gasteiger partial charge in [0.1, 0.15) is 0 Å². The zero-order valence-corrected chi connectivity index (χ0v) is 18.8. The fourth-order valence-electron chi connectivity index (χ4n) is 4.44. The molecule has 30 heavy (non-hydrogen) atoms. The molecule has 2 fully saturated rings. The first kappa shape index (κ1) is 22.6. The van der Waals surface area contributed by atoms with E-state index in [-0.39, 0.29) is 5.91 Å². The second-order valence-corrected chi connectivity index (χ2v) is 8.69. The number of benzene rings is 1. The van der Waals surface area contributed by atoms with Crippen molar-refractivity contribution in [3.63, 3.8) is 0 Å². The van der Waals surface area contributed by atoms with Gasteiger partial charge in [-0.05, 0) is 63.2 Å². The Morgan fingerprint density at radius 3 is 2.40 bits per heavy atom. The van der Waals surface area contributed by atoms with Crippen LogP contribution in [0.15, 0.2) is 29.3 Å². The summed E-state index contributed by atoms with van der Waals surface area (Å²) in [7, 11) is 1.77. The molecule has 2 aliphatic heterocycles. The molecule has 2 N–H and O–H groups in total. The van der Waals surface area contributed by atoms with Crippen molar-refractivity contribution in [3.8, 4) is 0 Å². The van der Waals surface area contributed by atoms with E-state index in [0.29, 0.717) is 19.0 Å². The molecule has 1 aromatic rings. The number of guanidine groups is 1. The molecule has 1 aromatic carbocycles. The summed E-state index contributed by atoms with van der Waals surface area (Å²) in [6.45, 7) is 7.90. The van der Waals surface area contributed by atoms with Crippen molar-refractivity contribution in [2.24, 2.45) is 4.99 Å². The predicted molar refractivity (Wildman–Crippen MR) is 123 cm³/mol. The van der Waals surface area contributed by atoms with E-state index in [4.69, 9.17) is 0 Å². The molecule has 0 radical (unpaired) electrons. The number of piperidine rings is 2. The third-order valence-corrected chi connectivity index (χ3v) is 6.32. The van der Waals surface area contributed by atoms with E-state index >= 15 is 0 Å². The van der Waals surface area contributed by atoms with Gasteiger partial charge in [0, 0.05) is 45.7 Å². The fourth-order valence-corrected chi connectivity index (χ4v) is 4.44. The number of carbonyl (C=O) groups excluding carboxylic acids is 1. The van der Waals surface area contributed by atoms with Gasteiger partial charge in [-0.3, -0.25) is 14.7 Å². The average molecular weight is 414 g/mol. The van der Waals surface area contributed by atoms with Gasteiger partial charge in [0.25, 0.3) is 0 Å². The molecule has 3 rings (SSSR count). The quantitative estimate of drug-likeness (QED) is 0.533. The normalized spacial score (nSPS) is 20.8. The molecule has 1 amide bonds. The molecule has 6 nitrogen and oxygen atoms in total. The van der Waals surface area contributed by atoms with Crippen molar-refractivity contribution in [1.82, 2.24) is 20.4 Å². The molecule has 0 aliphatic carbocycles. The highest BCUT2D eigenvalue weighted by Gasteiger charge is 2.22. The Balaban J connectivity index is 1.36. The molecule has 2 saturated heterocycles. The lowest BCUT2D eigenvalue weighted by atomic mass is 10.0. The van der Waals surface area contributed by atoms with Crippen molar-refractivity contribution in [2.45, 2.75) is 71.0 Å². The molecule has 2 heterocycles. The number of nitrogens with zero attached hydrogens (tertiary/aromatic N) is 3. The van der Waals surface area contributed by atoms with Crippen molar-refractivity contribution in [2.75, 3.05) is 33.2 Å². The van der Waals surface area contributed by atoms with Crippen LogP contribution in [0, 0.1) is 0 Å². The molecule has 0 bridgehead atoms. The van der Waals surface area contributed by atoms with Crippen molar-refractivity contribution < 1.29 is 4.79 Å². The number of carbonyl (C=O) groups is 1. The molecule has 166 valence electrons. The van der Waals surface area contributed by atoms with Crippen LogP contribution < -0.4 is 10.6 Å². The lowest BCUT2D eigenvalue weighted by Gasteiger charge is -2.33. The minimum atomic E-state index is 0.245. The molecule has 2 aliphatic rings. The highest BCUT2D eigenvalue weighted by Crippen LogP contribution is 2.17. The van der Waals surface area contributed by atoms with E-state index in [1.54, 1.807) is 7.05 Å². The van der Waals surface area contributed by atoms with Gasteiger partial charge in [-0.25, -0.2) is 0 Å². The first-order valence-corrected chi connectivity index (χ1v) is 11.7. The smallest absolute Gasteiger partial charge is 0.224 e. The summed E-state index contributed by atoms with van der Waals surface area (Å²) >= 11 is 0. The van der Waals surface area contributed by atoms with E-state index in [1.807, 2.05) is 4.90 Å². The summed E-state index contributed by atoms with van der Waals surface area (Å²) in [5, 5.41) is 6.63. The predicted octanol–water partition coefficient (Wildman–Crippen LogP) is 3.13. The largest absolute Gasteiger partial charge is 0.356 e. The Morgan fingerprint density at radius 1 is 1.00 bits per heavy atom. The van der Waals surface area contributed by atoms with E-state index in [1.165, 1.54) is 49.9 Å². The number of nitrogens with one attached hydrogen (secondary N) is 2. The standard InChI is InChI=1S/C24H39N5O/c1-20-8-4-7-17-29(20)23(30)13-14-26-24(25-2)27-18-21-9-11-22(12-10-21)19-28-15-5-3-6-16-28/h9-12,20H,3-8,13-19H2,1-2H3,(H2,25,26,27). The number of likely N-dealkylation sites (tertiary alicyclic amines) is 2. The van der Waals surface area contributed by atoms with Crippen molar-refractivity contribution in [1.29, 1.82) is 0 Å². The number of amides is 1. The summed E-state index contributed by atoms with van der Waals surface area (Å²) in [5.41, 5.74) is 2.62. The first-order chi connectivity index (χ1) is 14.7. The fraction of sp³-hybridized carbons (Fsp3) is 0.667. The van der Waals surface area contributed by atoms with E-state index in [9.17, 15) is 4.79 Å². The molecule has 1 atom stereocenters. The van der Waals surface area contributed by atoms with Crippen LogP contribution in [-0.4, -0.2) is 60.9 Å². The number of aliphatic imine (C=N–C) groups is 1. The summed E-state index contributed by atoms with van der Waals surface area (Å²) < 4.78 is 0. The number of hydrogen-bond acceptors (Lipinski definition) is 3. The maximum Gasteiger partial charge on any atom is 0.224 e. The lowest BCUT2D eigenvalue weighted by Crippen LogP contribution is -2.44. The zero-order chi connectivity index (χ0) is 21.2. The summed E-state index contributed by atoms with van der Waals surface area (Å²) in [5.74, 6) is 0.987. The molecular formula is C24H39N5O. The van der Waals surface area contributed by atoms with Gasteiger partial charge >= 0.3 is 0 Å². The second-order valence-electron chi connectivity index (χ2n) is 8.69. The molecule has 0 saturated carbocycles. The zero-order valence-electron chi connectivity index (χ0n) is 18.8. The molecule has 0 spiro atoms. The van der Waals surface area contributed by atoms with Crippen LogP contribution in [0.5, 0.6) is 0 Å². The van der Waals surface area contributed by atoms with Crippen LogP contribution in [0.1, 0.15) is 63.0 Å². The Morgan fingerprint density at radius 2 is 1.70 bits per heavy atom. The summed E-state index contributed by atoms with van der Waals surface area (Å²) in [6.07, 6.45) is 8.04. The van der Waals surface area contributed by atoms with E-state index in [0.717, 1.165) is 38.4 Å². The number of rotatable bonds is 7. The van der Waals surface area contributed by atoms with Gasteiger partial charge in [-0.1, -0.05) is 30.7 Å². The highest BCUT2D eigenvalue weighted by molar-refractivity contribution is 5.81. The first-order valence-electron chi connectivity index (χ1n) is 11.7. The molecule has 0 aromatic heterocycles. The Kier molecular flexibility index (Phi) is 9.00. The van der Waals surface area contributed by atoms with E-state index in [2.05, 4.69) is 51.7 Å². The summed E-state index contributed by atoms with van der Waals surface area (Å²) in [6, 6.07) is 9.24. The SMILES string of the molecule is CN=C(NCCC(=O)N1CCCCC1C)NCc1ccc(CN2CCCCC2)cc1. The molecule has 6 heteroatoms. The maximum absolute atomic E-state index is 12.5. The Hall–Kier alpha value is -2.08. The Bertz CT molecular complexity index is 681. The van der Waals surface area contributed by atoms with Gasteiger partial charge in [0.05, 0.1) is 0 Å². The second kappa shape index (κ2) is 11.9. The molecular weight excluding hydrogens is 374 g/mol. The molecule has 1 unspecified atom stereocenters. The van der Waals surface area contributed by atoms with Gasteiger partial charge in [0.2, 0.25) is 5.91 Å². The minimum absolute atomic E-state index is 0.245. The Labute approximate surface area is 182 Å². The van der Waals surface area contributed by atoms with E-state index < -0.39 is 0 Å². The van der Waals surface area contributed by atoms with Crippen LogP contribution in [-0.2, 0) is 17.9 Å². The monoisotopic (exact) mass is 413 g/mol. The third-order valence-electron chi connectivity index (χ3n) is 6.32. The minimum Gasteiger partial charge on any atom is -0.356 e. The number of hydrogen-bond donors (Lipinski definition) is 2. The van der Waals surface area contributed by atoms with Gasteiger partial charge in [0.15, 0.2) is 5.96 Å². The van der Waals surface area contributed by atoms with Crippen LogP contribution in [0.3, 0.4) is 0 Å². The van der Waals surface area contributed by atoms with Crippen molar-refractivity contribution in [3.05, 3.63) is 35.4 Å². The van der Waals surface area contributed by atoms with Crippen LogP contribution in [0.25, 0.3) is 0 Å². The lowest BCUT2D eigenvalue weighted by molar-refractivity contribution is -0.134. The maximum atomic E-state index is 12.5. The van der Waals surface area contributed by atoms with Crippen LogP contribution in [0.4, 0.5) is 0 Å². The topological polar surface area (TPSA) is 60.0 Å².